The molecule has 2 unspecified atom stereocenters. The van der Waals surface area contributed by atoms with Gasteiger partial charge in [-0.3, -0.25) is 4.79 Å². The zero-order chi connectivity index (χ0) is 15.0. The lowest BCUT2D eigenvalue weighted by atomic mass is 10.0. The second-order valence-corrected chi connectivity index (χ2v) is 4.95. The van der Waals surface area contributed by atoms with Crippen molar-refractivity contribution in [3.63, 3.8) is 0 Å². The number of carbonyl (C=O) groups is 1. The van der Waals surface area contributed by atoms with Crippen LogP contribution in [0.25, 0.3) is 0 Å². The van der Waals surface area contributed by atoms with Gasteiger partial charge in [0, 0.05) is 17.6 Å². The summed E-state index contributed by atoms with van der Waals surface area (Å²) in [6.07, 6.45) is 1.88. The smallest absolute Gasteiger partial charge is 0.258 e. The summed E-state index contributed by atoms with van der Waals surface area (Å²) in [5.74, 6) is 0.694. The van der Waals surface area contributed by atoms with E-state index in [0.29, 0.717) is 0 Å². The highest BCUT2D eigenvalue weighted by molar-refractivity contribution is 5.77. The van der Waals surface area contributed by atoms with Gasteiger partial charge in [-0.2, -0.15) is 0 Å². The number of hydrogen-bond acceptors (Lipinski definition) is 3. The molecule has 2 N–H and O–H groups in total. The summed E-state index contributed by atoms with van der Waals surface area (Å²) < 4.78 is 5.68. The second kappa shape index (κ2) is 8.59. The van der Waals surface area contributed by atoms with Gasteiger partial charge < -0.3 is 15.4 Å². The highest BCUT2D eigenvalue weighted by atomic mass is 16.5. The molecule has 0 aliphatic heterocycles. The summed E-state index contributed by atoms with van der Waals surface area (Å²) in [5.41, 5.74) is 1.09. The lowest BCUT2D eigenvalue weighted by Crippen LogP contribution is -2.35. The van der Waals surface area contributed by atoms with Crippen molar-refractivity contribution in [2.75, 3.05) is 13.7 Å². The molecule has 2 atom stereocenters. The Kier molecular flexibility index (Phi) is 7.09. The van der Waals surface area contributed by atoms with E-state index in [9.17, 15) is 4.79 Å². The maximum absolute atomic E-state index is 11.8. The van der Waals surface area contributed by atoms with Gasteiger partial charge in [0.05, 0.1) is 0 Å². The Morgan fingerprint density at radius 1 is 1.25 bits per heavy atom. The number of para-hydroxylation sites is 1. The first-order valence-corrected chi connectivity index (χ1v) is 7.30. The first-order chi connectivity index (χ1) is 9.62. The van der Waals surface area contributed by atoms with E-state index in [1.54, 1.807) is 0 Å². The van der Waals surface area contributed by atoms with Crippen LogP contribution in [-0.2, 0) is 4.79 Å². The maximum Gasteiger partial charge on any atom is 0.258 e. The Balaban J connectivity index is 2.66. The minimum atomic E-state index is -0.0772. The van der Waals surface area contributed by atoms with Gasteiger partial charge in [-0.25, -0.2) is 0 Å². The van der Waals surface area contributed by atoms with Gasteiger partial charge in [0.15, 0.2) is 6.61 Å². The average molecular weight is 278 g/mol. The number of hydrogen-bond donors (Lipinski definition) is 2. The van der Waals surface area contributed by atoms with Crippen LogP contribution in [0.5, 0.6) is 5.75 Å². The van der Waals surface area contributed by atoms with Gasteiger partial charge >= 0.3 is 0 Å². The first kappa shape index (κ1) is 16.5. The van der Waals surface area contributed by atoms with Crippen molar-refractivity contribution in [3.05, 3.63) is 29.8 Å². The highest BCUT2D eigenvalue weighted by Crippen LogP contribution is 2.26. The topological polar surface area (TPSA) is 50.4 Å². The molecule has 0 spiro atoms. The third-order valence-electron chi connectivity index (χ3n) is 3.43. The van der Waals surface area contributed by atoms with Crippen LogP contribution in [0.15, 0.2) is 24.3 Å². The Morgan fingerprint density at radius 3 is 2.55 bits per heavy atom. The Bertz CT molecular complexity index is 417. The normalized spacial score (nSPS) is 13.6. The molecule has 0 aromatic heterocycles. The quantitative estimate of drug-likeness (QED) is 0.768. The summed E-state index contributed by atoms with van der Waals surface area (Å²) in [6, 6.07) is 8.28. The van der Waals surface area contributed by atoms with Crippen molar-refractivity contribution < 1.29 is 9.53 Å². The van der Waals surface area contributed by atoms with E-state index >= 15 is 0 Å². The van der Waals surface area contributed by atoms with Crippen molar-refractivity contribution in [1.82, 2.24) is 10.6 Å². The minimum absolute atomic E-state index is 0.0570. The van der Waals surface area contributed by atoms with Crippen molar-refractivity contribution in [1.29, 1.82) is 0 Å². The van der Waals surface area contributed by atoms with E-state index in [4.69, 9.17) is 4.74 Å². The van der Waals surface area contributed by atoms with Gasteiger partial charge in [0.1, 0.15) is 5.75 Å². The molecule has 0 aliphatic rings. The summed E-state index contributed by atoms with van der Waals surface area (Å²) >= 11 is 0. The molecule has 112 valence electrons. The van der Waals surface area contributed by atoms with Crippen LogP contribution in [0.1, 0.15) is 45.2 Å². The van der Waals surface area contributed by atoms with E-state index in [1.807, 2.05) is 45.2 Å². The average Bonchev–Trinajstić information content (AvgIpc) is 2.47. The van der Waals surface area contributed by atoms with Gasteiger partial charge in [0.2, 0.25) is 0 Å². The molecule has 0 saturated carbocycles. The van der Waals surface area contributed by atoms with Crippen molar-refractivity contribution in [2.24, 2.45) is 0 Å². The van der Waals surface area contributed by atoms with Crippen molar-refractivity contribution in [2.45, 2.75) is 45.7 Å². The largest absolute Gasteiger partial charge is 0.483 e. The van der Waals surface area contributed by atoms with Crippen LogP contribution < -0.4 is 15.4 Å². The van der Waals surface area contributed by atoms with Crippen LogP contribution in [0.3, 0.4) is 0 Å². The lowest BCUT2D eigenvalue weighted by Gasteiger charge is -2.19. The molecular weight excluding hydrogens is 252 g/mol. The Morgan fingerprint density at radius 2 is 1.95 bits per heavy atom. The van der Waals surface area contributed by atoms with Gasteiger partial charge in [0.25, 0.3) is 5.91 Å². The molecule has 0 bridgehead atoms. The fourth-order valence-electron chi connectivity index (χ4n) is 2.04. The van der Waals surface area contributed by atoms with E-state index in [0.717, 1.165) is 24.2 Å². The molecule has 4 nitrogen and oxygen atoms in total. The second-order valence-electron chi connectivity index (χ2n) is 4.95. The molecule has 0 aliphatic carbocycles. The third kappa shape index (κ3) is 4.85. The summed E-state index contributed by atoms with van der Waals surface area (Å²) in [6.45, 7) is 6.20. The van der Waals surface area contributed by atoms with E-state index < -0.39 is 0 Å². The number of nitrogens with one attached hydrogen (secondary N) is 2. The Labute approximate surface area is 121 Å². The van der Waals surface area contributed by atoms with Crippen LogP contribution in [0, 0.1) is 0 Å². The molecule has 0 radical (unpaired) electrons. The summed E-state index contributed by atoms with van der Waals surface area (Å²) in [5, 5.41) is 6.15. The van der Waals surface area contributed by atoms with Crippen molar-refractivity contribution >= 4 is 5.91 Å². The maximum atomic E-state index is 11.8. The van der Waals surface area contributed by atoms with E-state index in [2.05, 4.69) is 17.6 Å². The fourth-order valence-corrected chi connectivity index (χ4v) is 2.04. The predicted octanol–water partition coefficient (Wildman–Crippen LogP) is 2.65. The van der Waals surface area contributed by atoms with Crippen LogP contribution in [0.2, 0.25) is 0 Å². The first-order valence-electron chi connectivity index (χ1n) is 7.30. The van der Waals surface area contributed by atoms with Gasteiger partial charge in [-0.1, -0.05) is 32.0 Å². The van der Waals surface area contributed by atoms with Crippen molar-refractivity contribution in [3.8, 4) is 5.75 Å². The number of benzene rings is 1. The van der Waals surface area contributed by atoms with Gasteiger partial charge in [-0.15, -0.1) is 0 Å². The van der Waals surface area contributed by atoms with Crippen LogP contribution in [0.4, 0.5) is 0 Å². The Hall–Kier alpha value is -1.55. The van der Waals surface area contributed by atoms with Crippen LogP contribution >= 0.6 is 0 Å². The zero-order valence-electron chi connectivity index (χ0n) is 12.9. The fraction of sp³-hybridized carbons (Fsp3) is 0.562. The van der Waals surface area contributed by atoms with Crippen LogP contribution in [-0.4, -0.2) is 25.6 Å². The molecule has 1 amide bonds. The highest BCUT2D eigenvalue weighted by Gasteiger charge is 2.13. The minimum Gasteiger partial charge on any atom is -0.483 e. The number of rotatable bonds is 8. The zero-order valence-corrected chi connectivity index (χ0v) is 12.9. The number of carbonyl (C=O) groups excluding carboxylic acids is 1. The molecule has 0 heterocycles. The molecule has 1 aromatic rings. The monoisotopic (exact) mass is 278 g/mol. The molecule has 4 heteroatoms. The number of ether oxygens (including phenoxy) is 1. The molecule has 1 rings (SSSR count). The molecule has 20 heavy (non-hydrogen) atoms. The van der Waals surface area contributed by atoms with E-state index in [-0.39, 0.29) is 24.6 Å². The third-order valence-corrected chi connectivity index (χ3v) is 3.43. The number of amides is 1. The molecule has 0 saturated heterocycles. The molecular formula is C16H26N2O2. The lowest BCUT2D eigenvalue weighted by molar-refractivity contribution is -0.123. The molecule has 0 fully saturated rings. The standard InChI is InChI=1S/C16H26N2O2/c1-5-12(3)18-16(19)11-20-15-10-8-7-9-13(15)14(6-2)17-4/h7-10,12,14,17H,5-6,11H2,1-4H3,(H,18,19). The predicted molar refractivity (Wildman–Crippen MR) is 81.9 cm³/mol. The summed E-state index contributed by atoms with van der Waals surface area (Å²) in [7, 11) is 1.93. The SMILES string of the molecule is CCC(C)NC(=O)COc1ccccc1C(CC)NC. The van der Waals surface area contributed by atoms with Gasteiger partial charge in [-0.05, 0) is 32.9 Å². The van der Waals surface area contributed by atoms with E-state index in [1.165, 1.54) is 0 Å². The summed E-state index contributed by atoms with van der Waals surface area (Å²) in [4.78, 5) is 11.8. The molecule has 1 aromatic carbocycles.